The molecular weight excluding hydrogens is 230 g/mol. The number of aromatic nitrogens is 2. The Balaban J connectivity index is 1.89. The maximum atomic E-state index is 12.0. The van der Waals surface area contributed by atoms with Crippen LogP contribution in [0.5, 0.6) is 0 Å². The summed E-state index contributed by atoms with van der Waals surface area (Å²) in [5.74, 6) is 0.121. The van der Waals surface area contributed by atoms with Crippen LogP contribution < -0.4 is 10.6 Å². The second-order valence-corrected chi connectivity index (χ2v) is 4.45. The smallest absolute Gasteiger partial charge is 0.238 e. The summed E-state index contributed by atoms with van der Waals surface area (Å²) in [7, 11) is 0. The van der Waals surface area contributed by atoms with Gasteiger partial charge in [-0.15, -0.1) is 0 Å². The molecule has 1 amide bonds. The molecule has 1 aliphatic rings. The molecule has 1 unspecified atom stereocenters. The highest BCUT2D eigenvalue weighted by Crippen LogP contribution is 2.04. The van der Waals surface area contributed by atoms with E-state index >= 15 is 0 Å². The van der Waals surface area contributed by atoms with Crippen molar-refractivity contribution in [3.63, 3.8) is 0 Å². The second-order valence-electron chi connectivity index (χ2n) is 4.45. The zero-order chi connectivity index (χ0) is 12.8. The number of rotatable bonds is 5. The molecule has 1 aliphatic heterocycles. The molecule has 1 saturated heterocycles. The van der Waals surface area contributed by atoms with E-state index in [1.54, 1.807) is 6.20 Å². The number of nitrogens with zero attached hydrogens (tertiary/aromatic N) is 3. The molecule has 0 aliphatic carbocycles. The minimum Gasteiger partial charge on any atom is -0.355 e. The van der Waals surface area contributed by atoms with Crippen molar-refractivity contribution in [3.05, 3.63) is 18.7 Å². The summed E-state index contributed by atoms with van der Waals surface area (Å²) in [6.45, 7) is 6.97. The van der Waals surface area contributed by atoms with Gasteiger partial charge in [-0.2, -0.15) is 0 Å². The van der Waals surface area contributed by atoms with E-state index in [0.717, 1.165) is 32.7 Å². The lowest BCUT2D eigenvalue weighted by atomic mass is 10.1. The average Bonchev–Trinajstić information content (AvgIpc) is 2.90. The molecule has 18 heavy (non-hydrogen) atoms. The third-order valence-electron chi connectivity index (χ3n) is 3.21. The molecule has 6 heteroatoms. The first-order valence-corrected chi connectivity index (χ1v) is 6.49. The van der Waals surface area contributed by atoms with Crippen molar-refractivity contribution >= 4 is 5.91 Å². The van der Waals surface area contributed by atoms with Crippen LogP contribution in [0.3, 0.4) is 0 Å². The Labute approximate surface area is 107 Å². The topological polar surface area (TPSA) is 62.2 Å². The van der Waals surface area contributed by atoms with Crippen molar-refractivity contribution in [2.24, 2.45) is 0 Å². The van der Waals surface area contributed by atoms with Gasteiger partial charge in [0.05, 0.1) is 6.33 Å². The summed E-state index contributed by atoms with van der Waals surface area (Å²) in [4.78, 5) is 18.2. The van der Waals surface area contributed by atoms with Gasteiger partial charge in [0.2, 0.25) is 5.91 Å². The number of carbonyl (C=O) groups is 1. The molecule has 1 aromatic rings. The first-order chi connectivity index (χ1) is 8.81. The van der Waals surface area contributed by atoms with Gasteiger partial charge in [0.1, 0.15) is 6.04 Å². The van der Waals surface area contributed by atoms with Crippen LogP contribution in [-0.2, 0) is 11.3 Å². The first kappa shape index (κ1) is 13.0. The number of amides is 1. The molecule has 2 rings (SSSR count). The van der Waals surface area contributed by atoms with Gasteiger partial charge in [0, 0.05) is 51.7 Å². The van der Waals surface area contributed by atoms with Crippen molar-refractivity contribution in [1.29, 1.82) is 0 Å². The highest BCUT2D eigenvalue weighted by atomic mass is 16.2. The van der Waals surface area contributed by atoms with Gasteiger partial charge < -0.3 is 15.2 Å². The van der Waals surface area contributed by atoms with Crippen LogP contribution in [0.4, 0.5) is 0 Å². The third kappa shape index (κ3) is 3.30. The predicted octanol–water partition coefficient (Wildman–Crippen LogP) is -0.707. The van der Waals surface area contributed by atoms with Crippen molar-refractivity contribution in [2.75, 3.05) is 32.7 Å². The molecule has 0 saturated carbocycles. The molecule has 0 spiro atoms. The van der Waals surface area contributed by atoms with Crippen LogP contribution in [0.25, 0.3) is 0 Å². The molecule has 1 atom stereocenters. The fraction of sp³-hybridized carbons (Fsp3) is 0.667. The Morgan fingerprint density at radius 3 is 3.17 bits per heavy atom. The summed E-state index contributed by atoms with van der Waals surface area (Å²) in [6, 6.07) is -0.0535. The van der Waals surface area contributed by atoms with Gasteiger partial charge in [-0.25, -0.2) is 4.98 Å². The minimum atomic E-state index is -0.0535. The van der Waals surface area contributed by atoms with E-state index in [9.17, 15) is 4.79 Å². The first-order valence-electron chi connectivity index (χ1n) is 6.49. The van der Waals surface area contributed by atoms with Crippen LogP contribution in [0, 0.1) is 0 Å². The Bertz CT molecular complexity index is 365. The average molecular weight is 251 g/mol. The van der Waals surface area contributed by atoms with E-state index < -0.39 is 0 Å². The predicted molar refractivity (Wildman–Crippen MR) is 69.1 cm³/mol. The van der Waals surface area contributed by atoms with Crippen LogP contribution in [0.2, 0.25) is 0 Å². The Morgan fingerprint density at radius 1 is 1.56 bits per heavy atom. The molecule has 0 aromatic carbocycles. The van der Waals surface area contributed by atoms with Crippen LogP contribution in [0.15, 0.2) is 18.7 Å². The van der Waals surface area contributed by atoms with E-state index in [4.69, 9.17) is 0 Å². The van der Waals surface area contributed by atoms with E-state index in [1.807, 2.05) is 24.0 Å². The summed E-state index contributed by atoms with van der Waals surface area (Å²) < 4.78 is 2.04. The van der Waals surface area contributed by atoms with E-state index in [2.05, 4.69) is 20.5 Å². The summed E-state index contributed by atoms with van der Waals surface area (Å²) in [5, 5.41) is 6.17. The molecule has 2 heterocycles. The molecule has 0 radical (unpaired) electrons. The number of imidazole rings is 1. The summed E-state index contributed by atoms with van der Waals surface area (Å²) >= 11 is 0. The Hall–Kier alpha value is -1.40. The number of hydrogen-bond acceptors (Lipinski definition) is 4. The second kappa shape index (κ2) is 6.51. The third-order valence-corrected chi connectivity index (χ3v) is 3.21. The van der Waals surface area contributed by atoms with Gasteiger partial charge in [-0.05, 0) is 6.92 Å². The van der Waals surface area contributed by atoms with Gasteiger partial charge in [-0.3, -0.25) is 9.69 Å². The lowest BCUT2D eigenvalue weighted by molar-refractivity contribution is -0.127. The fourth-order valence-corrected chi connectivity index (χ4v) is 2.23. The number of likely N-dealkylation sites (N-methyl/N-ethyl adjacent to an activating group) is 1. The largest absolute Gasteiger partial charge is 0.355 e. The van der Waals surface area contributed by atoms with E-state index in [1.165, 1.54) is 0 Å². The molecule has 100 valence electrons. The standard InChI is InChI=1S/C12H21N5O/c1-2-15-12(18)11-9-13-4-6-17(11)8-7-16-5-3-14-10-16/h3,5,10-11,13H,2,4,6-9H2,1H3,(H,15,18). The summed E-state index contributed by atoms with van der Waals surface area (Å²) in [6.07, 6.45) is 5.53. The van der Waals surface area contributed by atoms with E-state index in [-0.39, 0.29) is 11.9 Å². The minimum absolute atomic E-state index is 0.0535. The Kier molecular flexibility index (Phi) is 4.72. The molecule has 0 bridgehead atoms. The van der Waals surface area contributed by atoms with Crippen LogP contribution in [-0.4, -0.2) is 59.1 Å². The SMILES string of the molecule is CCNC(=O)C1CNCCN1CCn1ccnc1. The van der Waals surface area contributed by atoms with Crippen molar-refractivity contribution < 1.29 is 4.79 Å². The van der Waals surface area contributed by atoms with Crippen molar-refractivity contribution in [1.82, 2.24) is 25.1 Å². The lowest BCUT2D eigenvalue weighted by Gasteiger charge is -2.35. The number of carbonyl (C=O) groups excluding carboxylic acids is 1. The number of nitrogens with one attached hydrogen (secondary N) is 2. The molecule has 1 aromatic heterocycles. The highest BCUT2D eigenvalue weighted by Gasteiger charge is 2.27. The van der Waals surface area contributed by atoms with Crippen molar-refractivity contribution in [2.45, 2.75) is 19.5 Å². The summed E-state index contributed by atoms with van der Waals surface area (Å²) in [5.41, 5.74) is 0. The van der Waals surface area contributed by atoms with Gasteiger partial charge in [0.15, 0.2) is 0 Å². The number of hydrogen-bond donors (Lipinski definition) is 2. The Morgan fingerprint density at radius 2 is 2.44 bits per heavy atom. The zero-order valence-corrected chi connectivity index (χ0v) is 10.8. The van der Waals surface area contributed by atoms with Gasteiger partial charge >= 0.3 is 0 Å². The quantitative estimate of drug-likeness (QED) is 0.726. The molecular formula is C12H21N5O. The number of piperazine rings is 1. The van der Waals surface area contributed by atoms with Gasteiger partial charge in [-0.1, -0.05) is 0 Å². The fourth-order valence-electron chi connectivity index (χ4n) is 2.23. The normalized spacial score (nSPS) is 20.8. The molecule has 1 fully saturated rings. The van der Waals surface area contributed by atoms with Crippen LogP contribution in [0.1, 0.15) is 6.92 Å². The lowest BCUT2D eigenvalue weighted by Crippen LogP contribution is -2.58. The molecule has 6 nitrogen and oxygen atoms in total. The maximum absolute atomic E-state index is 12.0. The van der Waals surface area contributed by atoms with Crippen LogP contribution >= 0.6 is 0 Å². The highest BCUT2D eigenvalue weighted by molar-refractivity contribution is 5.82. The zero-order valence-electron chi connectivity index (χ0n) is 10.8. The van der Waals surface area contributed by atoms with Crippen molar-refractivity contribution in [3.8, 4) is 0 Å². The molecule has 2 N–H and O–H groups in total. The maximum Gasteiger partial charge on any atom is 0.238 e. The monoisotopic (exact) mass is 251 g/mol. The van der Waals surface area contributed by atoms with E-state index in [0.29, 0.717) is 6.54 Å². The van der Waals surface area contributed by atoms with Gasteiger partial charge in [0.25, 0.3) is 0 Å².